The highest BCUT2D eigenvalue weighted by molar-refractivity contribution is 7.07. The maximum Gasteiger partial charge on any atom is 0.228 e. The van der Waals surface area contributed by atoms with Crippen molar-refractivity contribution in [1.29, 1.82) is 0 Å². The summed E-state index contributed by atoms with van der Waals surface area (Å²) < 4.78 is 0. The normalized spacial score (nSPS) is 10.6. The van der Waals surface area contributed by atoms with Crippen LogP contribution in [0.4, 0.5) is 0 Å². The first-order valence-corrected chi connectivity index (χ1v) is 7.50. The third-order valence-corrected chi connectivity index (χ3v) is 3.72. The minimum absolute atomic E-state index is 0.156. The molecule has 5 heteroatoms. The van der Waals surface area contributed by atoms with Gasteiger partial charge in [-0.2, -0.15) is 11.3 Å². The van der Waals surface area contributed by atoms with Gasteiger partial charge >= 0.3 is 0 Å². The lowest BCUT2D eigenvalue weighted by Gasteiger charge is -2.22. The Morgan fingerprint density at radius 2 is 2.42 bits per heavy atom. The molecule has 2 aromatic heterocycles. The lowest BCUT2D eigenvalue weighted by atomic mass is 10.2. The predicted molar refractivity (Wildman–Crippen MR) is 76.9 cm³/mol. The van der Waals surface area contributed by atoms with E-state index in [2.05, 4.69) is 28.3 Å². The highest BCUT2D eigenvalue weighted by atomic mass is 32.1. The van der Waals surface area contributed by atoms with Gasteiger partial charge in [0.1, 0.15) is 0 Å². The molecule has 0 aliphatic carbocycles. The molecule has 0 aromatic carbocycles. The molecule has 1 N–H and O–H groups in total. The van der Waals surface area contributed by atoms with Crippen molar-refractivity contribution in [2.45, 2.75) is 32.7 Å². The van der Waals surface area contributed by atoms with Crippen molar-refractivity contribution in [2.75, 3.05) is 6.54 Å². The van der Waals surface area contributed by atoms with Crippen LogP contribution in [0.1, 0.15) is 31.0 Å². The van der Waals surface area contributed by atoms with E-state index in [0.29, 0.717) is 13.0 Å². The highest BCUT2D eigenvalue weighted by Crippen LogP contribution is 2.11. The Morgan fingerprint density at radius 3 is 3.05 bits per heavy atom. The molecular formula is C14H19N3OS. The van der Waals surface area contributed by atoms with Gasteiger partial charge < -0.3 is 9.88 Å². The lowest BCUT2D eigenvalue weighted by Crippen LogP contribution is -2.32. The number of unbranched alkanes of at least 4 members (excludes halogenated alkanes) is 1. The van der Waals surface area contributed by atoms with Crippen molar-refractivity contribution >= 4 is 17.2 Å². The van der Waals surface area contributed by atoms with Crippen LogP contribution < -0.4 is 0 Å². The van der Waals surface area contributed by atoms with Crippen molar-refractivity contribution < 1.29 is 4.79 Å². The van der Waals surface area contributed by atoms with Gasteiger partial charge in [0.25, 0.3) is 0 Å². The fraction of sp³-hybridized carbons (Fsp3) is 0.429. The SMILES string of the molecule is CCCCN(Cc1ccsc1)C(=O)Cc1cnc[nH]1. The van der Waals surface area contributed by atoms with Crippen molar-refractivity contribution in [2.24, 2.45) is 0 Å². The minimum atomic E-state index is 0.156. The van der Waals surface area contributed by atoms with Crippen molar-refractivity contribution in [1.82, 2.24) is 14.9 Å². The number of carbonyl (C=O) groups excluding carboxylic acids is 1. The van der Waals surface area contributed by atoms with Crippen LogP contribution in [0.15, 0.2) is 29.4 Å². The molecule has 1 amide bonds. The zero-order chi connectivity index (χ0) is 13.5. The second-order valence-electron chi connectivity index (χ2n) is 4.55. The van der Waals surface area contributed by atoms with Crippen molar-refractivity contribution in [3.8, 4) is 0 Å². The highest BCUT2D eigenvalue weighted by Gasteiger charge is 2.14. The fourth-order valence-corrected chi connectivity index (χ4v) is 2.56. The summed E-state index contributed by atoms with van der Waals surface area (Å²) in [6.45, 7) is 3.66. The Labute approximate surface area is 117 Å². The number of thiophene rings is 1. The van der Waals surface area contributed by atoms with E-state index >= 15 is 0 Å². The van der Waals surface area contributed by atoms with Crippen LogP contribution in [0.25, 0.3) is 0 Å². The topological polar surface area (TPSA) is 49.0 Å². The molecular weight excluding hydrogens is 258 g/mol. The molecule has 2 heterocycles. The third-order valence-electron chi connectivity index (χ3n) is 2.98. The molecule has 19 heavy (non-hydrogen) atoms. The quantitative estimate of drug-likeness (QED) is 0.846. The van der Waals surface area contributed by atoms with Crippen molar-refractivity contribution in [3.05, 3.63) is 40.6 Å². The number of rotatable bonds is 7. The van der Waals surface area contributed by atoms with E-state index in [9.17, 15) is 4.79 Å². The Hall–Kier alpha value is -1.62. The maximum atomic E-state index is 12.3. The van der Waals surface area contributed by atoms with Gasteiger partial charge in [0.05, 0.1) is 12.7 Å². The second-order valence-corrected chi connectivity index (χ2v) is 5.33. The van der Waals surface area contributed by atoms with E-state index in [0.717, 1.165) is 25.1 Å². The number of aromatic nitrogens is 2. The van der Waals surface area contributed by atoms with E-state index in [1.165, 1.54) is 5.56 Å². The average Bonchev–Trinajstić information content (AvgIpc) is 3.07. The number of amides is 1. The summed E-state index contributed by atoms with van der Waals surface area (Å²) in [5.74, 6) is 0.156. The summed E-state index contributed by atoms with van der Waals surface area (Å²) >= 11 is 1.67. The summed E-state index contributed by atoms with van der Waals surface area (Å²) in [4.78, 5) is 21.2. The monoisotopic (exact) mass is 277 g/mol. The van der Waals surface area contributed by atoms with Gasteiger partial charge in [-0.05, 0) is 28.8 Å². The molecule has 0 bridgehead atoms. The molecule has 0 aliphatic heterocycles. The second kappa shape index (κ2) is 7.09. The number of H-pyrrole nitrogens is 1. The molecule has 0 aliphatic rings. The maximum absolute atomic E-state index is 12.3. The molecule has 0 spiro atoms. The van der Waals surface area contributed by atoms with Gasteiger partial charge in [-0.3, -0.25) is 4.79 Å². The third kappa shape index (κ3) is 4.21. The fourth-order valence-electron chi connectivity index (χ4n) is 1.90. The summed E-state index contributed by atoms with van der Waals surface area (Å²) in [7, 11) is 0. The first kappa shape index (κ1) is 13.8. The summed E-state index contributed by atoms with van der Waals surface area (Å²) in [6, 6.07) is 2.08. The van der Waals surface area contributed by atoms with Gasteiger partial charge in [-0.15, -0.1) is 0 Å². The van der Waals surface area contributed by atoms with E-state index < -0.39 is 0 Å². The van der Waals surface area contributed by atoms with Gasteiger partial charge in [0, 0.05) is 25.0 Å². The average molecular weight is 277 g/mol. The molecule has 0 unspecified atom stereocenters. The molecule has 0 atom stereocenters. The molecule has 4 nitrogen and oxygen atoms in total. The number of carbonyl (C=O) groups is 1. The summed E-state index contributed by atoms with van der Waals surface area (Å²) in [5.41, 5.74) is 2.08. The number of aromatic amines is 1. The standard InChI is InChI=1S/C14H19N3OS/c1-2-3-5-17(9-12-4-6-19-10-12)14(18)7-13-8-15-11-16-13/h4,6,8,10-11H,2-3,5,7,9H2,1H3,(H,15,16). The zero-order valence-electron chi connectivity index (χ0n) is 11.1. The molecule has 0 fully saturated rings. The number of nitrogens with zero attached hydrogens (tertiary/aromatic N) is 2. The van der Waals surface area contributed by atoms with Crippen LogP contribution in [0.2, 0.25) is 0 Å². The molecule has 2 rings (SSSR count). The van der Waals surface area contributed by atoms with Gasteiger partial charge in [-0.1, -0.05) is 13.3 Å². The van der Waals surface area contributed by atoms with Gasteiger partial charge in [-0.25, -0.2) is 4.98 Å². The molecule has 0 saturated heterocycles. The van der Waals surface area contributed by atoms with Gasteiger partial charge in [0.2, 0.25) is 5.91 Å². The Morgan fingerprint density at radius 1 is 1.53 bits per heavy atom. The molecule has 2 aromatic rings. The van der Waals surface area contributed by atoms with E-state index in [1.54, 1.807) is 23.9 Å². The first-order valence-electron chi connectivity index (χ1n) is 6.55. The van der Waals surface area contributed by atoms with E-state index in [-0.39, 0.29) is 5.91 Å². The van der Waals surface area contributed by atoms with Gasteiger partial charge in [0.15, 0.2) is 0 Å². The predicted octanol–water partition coefficient (Wildman–Crippen LogP) is 2.84. The Kier molecular flexibility index (Phi) is 5.15. The van der Waals surface area contributed by atoms with Crippen molar-refractivity contribution in [3.63, 3.8) is 0 Å². The van der Waals surface area contributed by atoms with E-state index in [1.807, 2.05) is 10.3 Å². The minimum Gasteiger partial charge on any atom is -0.348 e. The van der Waals surface area contributed by atoms with E-state index in [4.69, 9.17) is 0 Å². The largest absolute Gasteiger partial charge is 0.348 e. The number of imidazole rings is 1. The smallest absolute Gasteiger partial charge is 0.228 e. The Balaban J connectivity index is 1.97. The number of nitrogens with one attached hydrogen (secondary N) is 1. The number of hydrogen-bond acceptors (Lipinski definition) is 3. The van der Waals surface area contributed by atoms with Crippen LogP contribution in [-0.4, -0.2) is 27.3 Å². The molecule has 102 valence electrons. The van der Waals surface area contributed by atoms with Crippen LogP contribution in [-0.2, 0) is 17.8 Å². The first-order chi connectivity index (χ1) is 9.29. The Bertz CT molecular complexity index is 479. The summed E-state index contributed by atoms with van der Waals surface area (Å²) in [5, 5.41) is 4.15. The van der Waals surface area contributed by atoms with Crippen LogP contribution in [0.5, 0.6) is 0 Å². The molecule has 0 radical (unpaired) electrons. The lowest BCUT2D eigenvalue weighted by molar-refractivity contribution is -0.131. The molecule has 0 saturated carbocycles. The van der Waals surface area contributed by atoms with Crippen LogP contribution in [0.3, 0.4) is 0 Å². The van der Waals surface area contributed by atoms with Crippen LogP contribution >= 0.6 is 11.3 Å². The van der Waals surface area contributed by atoms with Crippen LogP contribution in [0, 0.1) is 0 Å². The number of hydrogen-bond donors (Lipinski definition) is 1. The summed E-state index contributed by atoms with van der Waals surface area (Å²) in [6.07, 6.45) is 5.85. The zero-order valence-corrected chi connectivity index (χ0v) is 11.9.